The van der Waals surface area contributed by atoms with Crippen molar-refractivity contribution in [3.05, 3.63) is 34.6 Å². The zero-order valence-electron chi connectivity index (χ0n) is 8.25. The molecule has 0 heterocycles. The van der Waals surface area contributed by atoms with Crippen LogP contribution >= 0.6 is 24.0 Å². The zero-order valence-corrected chi connectivity index (χ0v) is 9.82. The van der Waals surface area contributed by atoms with Crippen LogP contribution in [-0.2, 0) is 0 Å². The van der Waals surface area contributed by atoms with Crippen molar-refractivity contribution in [2.24, 2.45) is 11.5 Å². The Morgan fingerprint density at radius 3 is 2.67 bits per heavy atom. The van der Waals surface area contributed by atoms with Gasteiger partial charge in [-0.2, -0.15) is 0 Å². The summed E-state index contributed by atoms with van der Waals surface area (Å²) in [6.45, 7) is 0.565. The Balaban J connectivity index is 0.00000196. The van der Waals surface area contributed by atoms with Crippen LogP contribution in [0.25, 0.3) is 0 Å². The summed E-state index contributed by atoms with van der Waals surface area (Å²) < 4.78 is 13.3. The molecule has 1 rings (SSSR count). The van der Waals surface area contributed by atoms with E-state index in [2.05, 4.69) is 0 Å². The predicted molar refractivity (Wildman–Crippen MR) is 63.9 cm³/mol. The lowest BCUT2D eigenvalue weighted by Crippen LogP contribution is -2.14. The molecular formula is C10H15Cl2FN2. The van der Waals surface area contributed by atoms with E-state index in [0.29, 0.717) is 23.6 Å². The number of nitrogens with two attached hydrogens (primary N) is 2. The highest BCUT2D eigenvalue weighted by molar-refractivity contribution is 6.30. The highest BCUT2D eigenvalue weighted by Crippen LogP contribution is 2.22. The summed E-state index contributed by atoms with van der Waals surface area (Å²) >= 11 is 5.75. The standard InChI is InChI=1S/C10H14ClFN2.ClH/c11-7-3-4-9(12)8(6-7)10(14)2-1-5-13;/h3-4,6,10H,1-2,5,13-14H2;1H/t10-;/m1./s1. The third-order valence-corrected chi connectivity index (χ3v) is 2.31. The maximum Gasteiger partial charge on any atom is 0.128 e. The zero-order chi connectivity index (χ0) is 10.6. The first-order chi connectivity index (χ1) is 6.65. The van der Waals surface area contributed by atoms with Gasteiger partial charge in [-0.15, -0.1) is 12.4 Å². The third kappa shape index (κ3) is 4.34. The highest BCUT2D eigenvalue weighted by Gasteiger charge is 2.11. The quantitative estimate of drug-likeness (QED) is 0.866. The van der Waals surface area contributed by atoms with Gasteiger partial charge in [-0.3, -0.25) is 0 Å². The van der Waals surface area contributed by atoms with Gasteiger partial charge >= 0.3 is 0 Å². The minimum absolute atomic E-state index is 0. The number of benzene rings is 1. The largest absolute Gasteiger partial charge is 0.330 e. The van der Waals surface area contributed by atoms with Crippen LogP contribution in [0.5, 0.6) is 0 Å². The third-order valence-electron chi connectivity index (χ3n) is 2.08. The summed E-state index contributed by atoms with van der Waals surface area (Å²) in [4.78, 5) is 0. The van der Waals surface area contributed by atoms with Crippen molar-refractivity contribution in [1.82, 2.24) is 0 Å². The van der Waals surface area contributed by atoms with Crippen molar-refractivity contribution in [2.75, 3.05) is 6.54 Å². The molecule has 0 aliphatic carbocycles. The van der Waals surface area contributed by atoms with E-state index < -0.39 is 0 Å². The summed E-state index contributed by atoms with van der Waals surface area (Å²) in [6, 6.07) is 4.09. The minimum atomic E-state index is -0.322. The van der Waals surface area contributed by atoms with Crippen LogP contribution in [0.1, 0.15) is 24.4 Å². The fourth-order valence-corrected chi connectivity index (χ4v) is 1.47. The Labute approximate surface area is 100 Å². The highest BCUT2D eigenvalue weighted by atomic mass is 35.5. The fourth-order valence-electron chi connectivity index (χ4n) is 1.29. The van der Waals surface area contributed by atoms with Crippen molar-refractivity contribution in [3.63, 3.8) is 0 Å². The Morgan fingerprint density at radius 1 is 1.40 bits per heavy atom. The second kappa shape index (κ2) is 7.01. The molecule has 15 heavy (non-hydrogen) atoms. The van der Waals surface area contributed by atoms with Gasteiger partial charge < -0.3 is 11.5 Å². The van der Waals surface area contributed by atoms with Crippen LogP contribution in [0.4, 0.5) is 4.39 Å². The molecule has 0 saturated heterocycles. The molecule has 0 fully saturated rings. The molecule has 0 aliphatic heterocycles. The van der Waals surface area contributed by atoms with Crippen LogP contribution in [0.15, 0.2) is 18.2 Å². The van der Waals surface area contributed by atoms with Crippen LogP contribution < -0.4 is 11.5 Å². The van der Waals surface area contributed by atoms with Crippen LogP contribution in [-0.4, -0.2) is 6.54 Å². The first-order valence-electron chi connectivity index (χ1n) is 4.55. The van der Waals surface area contributed by atoms with E-state index in [4.69, 9.17) is 23.1 Å². The van der Waals surface area contributed by atoms with Gasteiger partial charge in [0.1, 0.15) is 5.82 Å². The lowest BCUT2D eigenvalue weighted by atomic mass is 10.0. The minimum Gasteiger partial charge on any atom is -0.330 e. The van der Waals surface area contributed by atoms with E-state index in [1.54, 1.807) is 6.07 Å². The first kappa shape index (κ1) is 14.6. The van der Waals surface area contributed by atoms with E-state index in [9.17, 15) is 4.39 Å². The monoisotopic (exact) mass is 252 g/mol. The van der Waals surface area contributed by atoms with E-state index >= 15 is 0 Å². The lowest BCUT2D eigenvalue weighted by molar-refractivity contribution is 0.553. The van der Waals surface area contributed by atoms with Crippen LogP contribution in [0.3, 0.4) is 0 Å². The molecule has 1 aromatic rings. The molecule has 0 bridgehead atoms. The smallest absolute Gasteiger partial charge is 0.128 e. The van der Waals surface area contributed by atoms with Crippen molar-refractivity contribution >= 4 is 24.0 Å². The summed E-state index contributed by atoms with van der Waals surface area (Å²) in [7, 11) is 0. The SMILES string of the molecule is Cl.NCCC[C@@H](N)c1cc(Cl)ccc1F. The number of hydrogen-bond donors (Lipinski definition) is 2. The second-order valence-electron chi connectivity index (χ2n) is 3.20. The van der Waals surface area contributed by atoms with Crippen molar-refractivity contribution in [1.29, 1.82) is 0 Å². The van der Waals surface area contributed by atoms with Gasteiger partial charge in [0.2, 0.25) is 0 Å². The molecule has 0 aromatic heterocycles. The summed E-state index contributed by atoms with van der Waals surface area (Å²) in [5, 5.41) is 0.504. The molecule has 1 atom stereocenters. The fraction of sp³-hybridized carbons (Fsp3) is 0.400. The molecule has 2 nitrogen and oxygen atoms in total. The molecule has 0 aliphatic rings. The van der Waals surface area contributed by atoms with Gasteiger partial charge in [0, 0.05) is 16.6 Å². The summed E-state index contributed by atoms with van der Waals surface area (Å²) in [6.07, 6.45) is 1.46. The molecule has 0 radical (unpaired) electrons. The van der Waals surface area contributed by atoms with Crippen molar-refractivity contribution in [3.8, 4) is 0 Å². The van der Waals surface area contributed by atoms with Crippen LogP contribution in [0.2, 0.25) is 5.02 Å². The molecule has 0 saturated carbocycles. The molecule has 0 unspecified atom stereocenters. The van der Waals surface area contributed by atoms with E-state index in [1.165, 1.54) is 12.1 Å². The average Bonchev–Trinajstić information content (AvgIpc) is 2.18. The summed E-state index contributed by atoms with van der Waals surface area (Å²) in [5.41, 5.74) is 11.6. The Bertz CT molecular complexity index is 307. The lowest BCUT2D eigenvalue weighted by Gasteiger charge is -2.12. The Morgan fingerprint density at radius 2 is 2.07 bits per heavy atom. The molecule has 4 N–H and O–H groups in total. The maximum atomic E-state index is 13.3. The van der Waals surface area contributed by atoms with Crippen molar-refractivity contribution in [2.45, 2.75) is 18.9 Å². The molecule has 0 amide bonds. The van der Waals surface area contributed by atoms with E-state index in [1.807, 2.05) is 0 Å². The molecule has 0 spiro atoms. The molecule has 86 valence electrons. The molecule has 5 heteroatoms. The number of rotatable bonds is 4. The van der Waals surface area contributed by atoms with Crippen LogP contribution in [0, 0.1) is 5.82 Å². The van der Waals surface area contributed by atoms with E-state index in [0.717, 1.165) is 6.42 Å². The van der Waals surface area contributed by atoms with Crippen molar-refractivity contribution < 1.29 is 4.39 Å². The normalized spacial score (nSPS) is 12.0. The first-order valence-corrected chi connectivity index (χ1v) is 4.93. The van der Waals surface area contributed by atoms with Gasteiger partial charge in [0.25, 0.3) is 0 Å². The Kier molecular flexibility index (Phi) is 6.85. The predicted octanol–water partition coefficient (Wildman–Crippen LogP) is 2.64. The van der Waals surface area contributed by atoms with Gasteiger partial charge in [0.15, 0.2) is 0 Å². The topological polar surface area (TPSA) is 52.0 Å². The second-order valence-corrected chi connectivity index (χ2v) is 3.64. The van der Waals surface area contributed by atoms with Gasteiger partial charge in [0.05, 0.1) is 0 Å². The number of halogens is 3. The van der Waals surface area contributed by atoms with Gasteiger partial charge in [-0.05, 0) is 37.6 Å². The van der Waals surface area contributed by atoms with Gasteiger partial charge in [-0.1, -0.05) is 11.6 Å². The maximum absolute atomic E-state index is 13.3. The van der Waals surface area contributed by atoms with E-state index in [-0.39, 0.29) is 24.3 Å². The average molecular weight is 253 g/mol. The molecular weight excluding hydrogens is 238 g/mol. The van der Waals surface area contributed by atoms with Gasteiger partial charge in [-0.25, -0.2) is 4.39 Å². The number of hydrogen-bond acceptors (Lipinski definition) is 2. The Hall–Kier alpha value is -0.350. The summed E-state index contributed by atoms with van der Waals surface area (Å²) in [5.74, 6) is -0.307. The molecule has 1 aromatic carbocycles.